The predicted molar refractivity (Wildman–Crippen MR) is 135 cm³/mol. The van der Waals surface area contributed by atoms with Crippen molar-refractivity contribution in [1.82, 2.24) is 0 Å². The van der Waals surface area contributed by atoms with Crippen molar-refractivity contribution in [2.24, 2.45) is 5.41 Å². The van der Waals surface area contributed by atoms with E-state index in [4.69, 9.17) is 4.42 Å². The SMILES string of the molecule is CC1(C)CC(=O)c2c(oc3c2cc(NS(=O)(=O)c2ccc4ccccc4c2)c2ccccc23)C1. The Labute approximate surface area is 197 Å². The molecule has 0 amide bonds. The van der Waals surface area contributed by atoms with E-state index in [0.717, 1.165) is 21.5 Å². The molecule has 0 saturated carbocycles. The minimum atomic E-state index is -3.87. The van der Waals surface area contributed by atoms with Crippen LogP contribution >= 0.6 is 0 Å². The largest absolute Gasteiger partial charge is 0.460 e. The molecular formula is C28H23NO4S. The van der Waals surface area contributed by atoms with Gasteiger partial charge in [0.05, 0.1) is 16.1 Å². The van der Waals surface area contributed by atoms with Gasteiger partial charge in [-0.25, -0.2) is 8.42 Å². The van der Waals surface area contributed by atoms with Gasteiger partial charge in [0, 0.05) is 29.0 Å². The smallest absolute Gasteiger partial charge is 0.261 e. The fourth-order valence-corrected chi connectivity index (χ4v) is 6.15. The van der Waals surface area contributed by atoms with E-state index < -0.39 is 10.0 Å². The monoisotopic (exact) mass is 469 g/mol. The highest BCUT2D eigenvalue weighted by atomic mass is 32.2. The highest BCUT2D eigenvalue weighted by Gasteiger charge is 2.36. The van der Waals surface area contributed by atoms with Gasteiger partial charge in [0.2, 0.25) is 0 Å². The van der Waals surface area contributed by atoms with E-state index in [0.29, 0.717) is 40.8 Å². The normalized spacial score (nSPS) is 15.6. The number of rotatable bonds is 3. The summed E-state index contributed by atoms with van der Waals surface area (Å²) >= 11 is 0. The summed E-state index contributed by atoms with van der Waals surface area (Å²) in [7, 11) is -3.87. The predicted octanol–water partition coefficient (Wildman–Crippen LogP) is 6.70. The Bertz CT molecular complexity index is 1750. The molecule has 1 aliphatic rings. The van der Waals surface area contributed by atoms with Crippen molar-refractivity contribution in [3.63, 3.8) is 0 Å². The number of Topliss-reactive ketones (excluding diaryl/α,β-unsaturated/α-hetero) is 1. The number of benzene rings is 4. The van der Waals surface area contributed by atoms with Crippen molar-refractivity contribution >= 4 is 54.0 Å². The molecule has 0 radical (unpaired) electrons. The molecule has 0 unspecified atom stereocenters. The second-order valence-electron chi connectivity index (χ2n) is 9.80. The van der Waals surface area contributed by atoms with E-state index in [1.54, 1.807) is 24.3 Å². The van der Waals surface area contributed by atoms with E-state index in [2.05, 4.69) is 18.6 Å². The van der Waals surface area contributed by atoms with E-state index in [1.165, 1.54) is 0 Å². The highest BCUT2D eigenvalue weighted by Crippen LogP contribution is 2.43. The lowest BCUT2D eigenvalue weighted by Gasteiger charge is -2.27. The van der Waals surface area contributed by atoms with Crippen LogP contribution in [-0.4, -0.2) is 14.2 Å². The molecule has 1 N–H and O–H groups in total. The summed E-state index contributed by atoms with van der Waals surface area (Å²) in [4.78, 5) is 13.2. The van der Waals surface area contributed by atoms with Gasteiger partial charge in [0.15, 0.2) is 5.78 Å². The Morgan fingerprint density at radius 1 is 0.824 bits per heavy atom. The molecule has 0 saturated heterocycles. The van der Waals surface area contributed by atoms with Crippen LogP contribution in [0.2, 0.25) is 0 Å². The number of nitrogens with one attached hydrogen (secondary N) is 1. The van der Waals surface area contributed by atoms with Crippen molar-refractivity contribution < 1.29 is 17.6 Å². The summed E-state index contributed by atoms with van der Waals surface area (Å²) in [5, 5.41) is 3.97. The quantitative estimate of drug-likeness (QED) is 0.319. The maximum atomic E-state index is 13.4. The molecule has 6 rings (SSSR count). The third-order valence-electron chi connectivity index (χ3n) is 6.60. The molecular weight excluding hydrogens is 446 g/mol. The minimum absolute atomic E-state index is 0.0311. The van der Waals surface area contributed by atoms with Gasteiger partial charge in [-0.05, 0) is 34.4 Å². The zero-order valence-electron chi connectivity index (χ0n) is 18.9. The van der Waals surface area contributed by atoms with Crippen molar-refractivity contribution in [3.8, 4) is 0 Å². The van der Waals surface area contributed by atoms with Crippen LogP contribution in [-0.2, 0) is 16.4 Å². The maximum Gasteiger partial charge on any atom is 0.261 e. The first kappa shape index (κ1) is 20.9. The molecule has 1 aromatic heterocycles. The lowest BCUT2D eigenvalue weighted by atomic mass is 9.76. The molecule has 0 spiro atoms. The fraction of sp³-hybridized carbons (Fsp3) is 0.179. The second kappa shape index (κ2) is 7.18. The van der Waals surface area contributed by atoms with Gasteiger partial charge < -0.3 is 4.42 Å². The molecule has 0 bridgehead atoms. The standard InChI is InChI=1S/C28H23NO4S/c1-28(2)15-24(30)26-22-14-23(20-9-5-6-10-21(20)27(22)33-25(26)16-28)29-34(31,32)19-12-11-17-7-3-4-8-18(17)13-19/h3-14,29H,15-16H2,1-2H3. The van der Waals surface area contributed by atoms with E-state index >= 15 is 0 Å². The first-order chi connectivity index (χ1) is 16.2. The van der Waals surface area contributed by atoms with Crippen molar-refractivity contribution in [2.75, 3.05) is 4.72 Å². The number of sulfonamides is 1. The summed E-state index contributed by atoms with van der Waals surface area (Å²) in [6.45, 7) is 4.12. The number of anilines is 1. The highest BCUT2D eigenvalue weighted by molar-refractivity contribution is 7.92. The van der Waals surface area contributed by atoms with Crippen LogP contribution < -0.4 is 4.72 Å². The van der Waals surface area contributed by atoms with Crippen LogP contribution in [0.3, 0.4) is 0 Å². The first-order valence-corrected chi connectivity index (χ1v) is 12.7. The van der Waals surface area contributed by atoms with Crippen molar-refractivity contribution in [3.05, 3.63) is 84.1 Å². The first-order valence-electron chi connectivity index (χ1n) is 11.2. The molecule has 4 aromatic carbocycles. The molecule has 170 valence electrons. The molecule has 0 aliphatic heterocycles. The van der Waals surface area contributed by atoms with Crippen LogP contribution in [0, 0.1) is 5.41 Å². The lowest BCUT2D eigenvalue weighted by Crippen LogP contribution is -2.25. The average molecular weight is 470 g/mol. The third-order valence-corrected chi connectivity index (χ3v) is 7.96. The summed E-state index contributed by atoms with van der Waals surface area (Å²) in [6.07, 6.45) is 1.09. The van der Waals surface area contributed by atoms with E-state index in [1.807, 2.05) is 48.5 Å². The Balaban J connectivity index is 1.53. The molecule has 5 aromatic rings. The third kappa shape index (κ3) is 3.29. The van der Waals surface area contributed by atoms with Crippen LogP contribution in [0.1, 0.15) is 36.4 Å². The average Bonchev–Trinajstić information content (AvgIpc) is 3.16. The molecule has 0 fully saturated rings. The number of fused-ring (bicyclic) bond motifs is 6. The lowest BCUT2D eigenvalue weighted by molar-refractivity contribution is 0.0906. The molecule has 6 heteroatoms. The molecule has 0 atom stereocenters. The number of carbonyl (C=O) groups excluding carboxylic acids is 1. The minimum Gasteiger partial charge on any atom is -0.460 e. The topological polar surface area (TPSA) is 76.4 Å². The molecule has 1 heterocycles. The summed E-state index contributed by atoms with van der Waals surface area (Å²) in [5.74, 6) is 0.708. The molecule has 34 heavy (non-hydrogen) atoms. The number of furan rings is 1. The van der Waals surface area contributed by atoms with Gasteiger partial charge in [-0.3, -0.25) is 9.52 Å². The zero-order chi connectivity index (χ0) is 23.7. The Morgan fingerprint density at radius 3 is 2.32 bits per heavy atom. The molecule has 1 aliphatic carbocycles. The Kier molecular flexibility index (Phi) is 4.42. The maximum absolute atomic E-state index is 13.4. The van der Waals surface area contributed by atoms with Crippen LogP contribution in [0.5, 0.6) is 0 Å². The van der Waals surface area contributed by atoms with Crippen molar-refractivity contribution in [2.45, 2.75) is 31.6 Å². The zero-order valence-corrected chi connectivity index (χ0v) is 19.7. The number of ketones is 1. The summed E-state index contributed by atoms with van der Waals surface area (Å²) in [6, 6.07) is 22.0. The van der Waals surface area contributed by atoms with Gasteiger partial charge in [-0.2, -0.15) is 0 Å². The van der Waals surface area contributed by atoms with Gasteiger partial charge in [-0.1, -0.05) is 68.4 Å². The van der Waals surface area contributed by atoms with Crippen LogP contribution in [0.15, 0.2) is 82.1 Å². The van der Waals surface area contributed by atoms with E-state index in [9.17, 15) is 13.2 Å². The van der Waals surface area contributed by atoms with Crippen LogP contribution in [0.4, 0.5) is 5.69 Å². The Morgan fingerprint density at radius 2 is 1.53 bits per heavy atom. The van der Waals surface area contributed by atoms with Crippen molar-refractivity contribution in [1.29, 1.82) is 0 Å². The molecule has 5 nitrogen and oxygen atoms in total. The summed E-state index contributed by atoms with van der Waals surface area (Å²) < 4.78 is 35.8. The number of carbonyl (C=O) groups is 1. The van der Waals surface area contributed by atoms with Gasteiger partial charge >= 0.3 is 0 Å². The fourth-order valence-electron chi connectivity index (χ4n) is 5.04. The summed E-state index contributed by atoms with van der Waals surface area (Å²) in [5.41, 5.74) is 1.46. The van der Waals surface area contributed by atoms with Gasteiger partial charge in [0.25, 0.3) is 10.0 Å². The van der Waals surface area contributed by atoms with Gasteiger partial charge in [-0.15, -0.1) is 0 Å². The van der Waals surface area contributed by atoms with Gasteiger partial charge in [0.1, 0.15) is 11.3 Å². The Hall–Kier alpha value is -3.64. The number of hydrogen-bond donors (Lipinski definition) is 1. The van der Waals surface area contributed by atoms with Crippen LogP contribution in [0.25, 0.3) is 32.5 Å². The van der Waals surface area contributed by atoms with E-state index in [-0.39, 0.29) is 16.1 Å². The number of hydrogen-bond acceptors (Lipinski definition) is 4. The second-order valence-corrected chi connectivity index (χ2v) is 11.5.